The molecule has 0 aromatic rings. The average Bonchev–Trinajstić information content (AvgIpc) is 2.35. The Bertz CT molecular complexity index is 368. The van der Waals surface area contributed by atoms with Gasteiger partial charge in [0.2, 0.25) is 0 Å². The summed E-state index contributed by atoms with van der Waals surface area (Å²) >= 11 is 0. The summed E-state index contributed by atoms with van der Waals surface area (Å²) in [6.45, 7) is 5.70. The molecule has 20 heavy (non-hydrogen) atoms. The van der Waals surface area contributed by atoms with Crippen molar-refractivity contribution in [3.05, 3.63) is 0 Å². The number of carboxylic acids is 2. The van der Waals surface area contributed by atoms with E-state index in [4.69, 9.17) is 10.2 Å². The van der Waals surface area contributed by atoms with Crippen LogP contribution in [0.2, 0.25) is 0 Å². The number of rotatable bonds is 8. The summed E-state index contributed by atoms with van der Waals surface area (Å²) in [5, 5.41) is 20.0. The maximum atomic E-state index is 12.0. The first kappa shape index (κ1) is 18.2. The van der Waals surface area contributed by atoms with Crippen molar-refractivity contribution in [1.82, 2.24) is 10.2 Å². The normalized spacial score (nSPS) is 12.6. The predicted molar refractivity (Wildman–Crippen MR) is 73.6 cm³/mol. The van der Waals surface area contributed by atoms with Crippen LogP contribution in [0.1, 0.15) is 46.5 Å². The molecule has 0 spiro atoms. The van der Waals surface area contributed by atoms with Gasteiger partial charge in [0, 0.05) is 19.0 Å². The smallest absolute Gasteiger partial charge is 0.326 e. The fourth-order valence-corrected chi connectivity index (χ4v) is 1.47. The summed E-state index contributed by atoms with van der Waals surface area (Å²) in [6.07, 6.45) is 0.908. The second-order valence-corrected chi connectivity index (χ2v) is 5.35. The molecule has 0 bridgehead atoms. The quantitative estimate of drug-likeness (QED) is 0.628. The van der Waals surface area contributed by atoms with Gasteiger partial charge in [-0.15, -0.1) is 0 Å². The van der Waals surface area contributed by atoms with E-state index in [9.17, 15) is 14.4 Å². The molecule has 1 atom stereocenters. The lowest BCUT2D eigenvalue weighted by atomic mass is 10.0. The van der Waals surface area contributed by atoms with Gasteiger partial charge in [-0.2, -0.15) is 0 Å². The third-order valence-electron chi connectivity index (χ3n) is 3.56. The molecule has 3 N–H and O–H groups in total. The second kappa shape index (κ2) is 7.72. The number of hydrogen-bond donors (Lipinski definition) is 3. The maximum Gasteiger partial charge on any atom is 0.326 e. The monoisotopic (exact) mass is 288 g/mol. The Morgan fingerprint density at radius 3 is 2.20 bits per heavy atom. The van der Waals surface area contributed by atoms with E-state index in [0.717, 1.165) is 6.42 Å². The molecule has 0 aliphatic heterocycles. The molecule has 2 amide bonds. The highest BCUT2D eigenvalue weighted by atomic mass is 16.4. The van der Waals surface area contributed by atoms with Crippen LogP contribution in [0, 0.1) is 0 Å². The minimum Gasteiger partial charge on any atom is -0.481 e. The zero-order chi connectivity index (χ0) is 15.9. The molecule has 7 nitrogen and oxygen atoms in total. The lowest BCUT2D eigenvalue weighted by Crippen LogP contribution is -2.53. The van der Waals surface area contributed by atoms with E-state index in [-0.39, 0.29) is 24.8 Å². The summed E-state index contributed by atoms with van der Waals surface area (Å²) in [7, 11) is 1.61. The van der Waals surface area contributed by atoms with E-state index < -0.39 is 24.0 Å². The third kappa shape index (κ3) is 5.90. The maximum absolute atomic E-state index is 12.0. The van der Waals surface area contributed by atoms with E-state index >= 15 is 0 Å². The summed E-state index contributed by atoms with van der Waals surface area (Å²) in [5.41, 5.74) is -0.381. The molecule has 7 heteroatoms. The summed E-state index contributed by atoms with van der Waals surface area (Å²) in [4.78, 5) is 34.9. The SMILES string of the molecule is CCC(C)(C)N(C)C(=O)N[C@H](CCCC(=O)O)C(=O)O. The lowest BCUT2D eigenvalue weighted by molar-refractivity contribution is -0.140. The van der Waals surface area contributed by atoms with Crippen molar-refractivity contribution >= 4 is 18.0 Å². The van der Waals surface area contributed by atoms with Crippen LogP contribution in [0.3, 0.4) is 0 Å². The Morgan fingerprint density at radius 2 is 1.80 bits per heavy atom. The number of amides is 2. The van der Waals surface area contributed by atoms with Gasteiger partial charge < -0.3 is 20.4 Å². The first-order valence-electron chi connectivity index (χ1n) is 6.60. The first-order valence-corrected chi connectivity index (χ1v) is 6.60. The molecule has 0 aliphatic rings. The molecule has 0 fully saturated rings. The highest BCUT2D eigenvalue weighted by Gasteiger charge is 2.28. The zero-order valence-corrected chi connectivity index (χ0v) is 12.5. The van der Waals surface area contributed by atoms with Gasteiger partial charge in [-0.1, -0.05) is 6.92 Å². The van der Waals surface area contributed by atoms with Gasteiger partial charge in [-0.3, -0.25) is 4.79 Å². The van der Waals surface area contributed by atoms with Crippen LogP contribution in [0.5, 0.6) is 0 Å². The molecule has 116 valence electrons. The molecule has 0 rings (SSSR count). The average molecular weight is 288 g/mol. The van der Waals surface area contributed by atoms with E-state index in [1.807, 2.05) is 20.8 Å². The number of aliphatic carboxylic acids is 2. The molecule has 0 aliphatic carbocycles. The third-order valence-corrected chi connectivity index (χ3v) is 3.56. The van der Waals surface area contributed by atoms with E-state index in [1.54, 1.807) is 7.05 Å². The number of hydrogen-bond acceptors (Lipinski definition) is 3. The molecule has 0 saturated heterocycles. The van der Waals surface area contributed by atoms with E-state index in [1.165, 1.54) is 4.90 Å². The van der Waals surface area contributed by atoms with Crippen LogP contribution in [-0.4, -0.2) is 51.7 Å². The van der Waals surface area contributed by atoms with Gasteiger partial charge >= 0.3 is 18.0 Å². The minimum atomic E-state index is -1.16. The van der Waals surface area contributed by atoms with Crippen LogP contribution < -0.4 is 5.32 Å². The first-order chi connectivity index (χ1) is 9.11. The largest absolute Gasteiger partial charge is 0.481 e. The molecule has 0 aromatic carbocycles. The number of urea groups is 1. The Hall–Kier alpha value is -1.79. The Balaban J connectivity index is 4.55. The topological polar surface area (TPSA) is 107 Å². The Labute approximate surface area is 119 Å². The summed E-state index contributed by atoms with van der Waals surface area (Å²) < 4.78 is 0. The Morgan fingerprint density at radius 1 is 1.25 bits per heavy atom. The van der Waals surface area contributed by atoms with Gasteiger partial charge in [0.25, 0.3) is 0 Å². The lowest BCUT2D eigenvalue weighted by Gasteiger charge is -2.35. The van der Waals surface area contributed by atoms with Gasteiger partial charge in [0.15, 0.2) is 0 Å². The fourth-order valence-electron chi connectivity index (χ4n) is 1.47. The number of nitrogens with one attached hydrogen (secondary N) is 1. The van der Waals surface area contributed by atoms with Crippen LogP contribution in [0.25, 0.3) is 0 Å². The molecule has 0 unspecified atom stereocenters. The molecule has 0 radical (unpaired) electrons. The molecular formula is C13H24N2O5. The van der Waals surface area contributed by atoms with Crippen molar-refractivity contribution in [3.8, 4) is 0 Å². The van der Waals surface area contributed by atoms with Crippen molar-refractivity contribution in [2.75, 3.05) is 7.05 Å². The molecular weight excluding hydrogens is 264 g/mol. The standard InChI is InChI=1S/C13H24N2O5/c1-5-13(2,3)15(4)12(20)14-9(11(18)19)7-6-8-10(16)17/h9H,5-8H2,1-4H3,(H,14,20)(H,16,17)(H,18,19)/t9-/m1/s1. The van der Waals surface area contributed by atoms with Crippen molar-refractivity contribution in [1.29, 1.82) is 0 Å². The number of carbonyl (C=O) groups excluding carboxylic acids is 1. The summed E-state index contributed by atoms with van der Waals surface area (Å²) in [5.74, 6) is -2.14. The van der Waals surface area contributed by atoms with Crippen LogP contribution in [0.15, 0.2) is 0 Å². The van der Waals surface area contributed by atoms with Crippen molar-refractivity contribution < 1.29 is 24.6 Å². The van der Waals surface area contributed by atoms with E-state index in [2.05, 4.69) is 5.32 Å². The molecule has 0 saturated carbocycles. The van der Waals surface area contributed by atoms with Crippen LogP contribution >= 0.6 is 0 Å². The van der Waals surface area contributed by atoms with Crippen LogP contribution in [0.4, 0.5) is 4.79 Å². The summed E-state index contributed by atoms with van der Waals surface area (Å²) in [6, 6.07) is -1.54. The van der Waals surface area contributed by atoms with Crippen molar-refractivity contribution in [2.45, 2.75) is 58.0 Å². The van der Waals surface area contributed by atoms with Gasteiger partial charge in [-0.05, 0) is 33.1 Å². The molecule has 0 aromatic heterocycles. The van der Waals surface area contributed by atoms with Gasteiger partial charge in [-0.25, -0.2) is 9.59 Å². The van der Waals surface area contributed by atoms with Crippen molar-refractivity contribution in [2.24, 2.45) is 0 Å². The van der Waals surface area contributed by atoms with E-state index in [0.29, 0.717) is 0 Å². The molecule has 0 heterocycles. The number of nitrogens with zero attached hydrogens (tertiary/aromatic N) is 1. The highest BCUT2D eigenvalue weighted by molar-refractivity contribution is 5.82. The highest BCUT2D eigenvalue weighted by Crippen LogP contribution is 2.16. The van der Waals surface area contributed by atoms with Gasteiger partial charge in [0.05, 0.1) is 0 Å². The number of carboxylic acid groups (broad SMARTS) is 2. The van der Waals surface area contributed by atoms with Gasteiger partial charge in [0.1, 0.15) is 6.04 Å². The van der Waals surface area contributed by atoms with Crippen LogP contribution in [-0.2, 0) is 9.59 Å². The number of carbonyl (C=O) groups is 3. The Kier molecular flexibility index (Phi) is 7.02. The minimum absolute atomic E-state index is 0.0910. The predicted octanol–water partition coefficient (Wildman–Crippen LogP) is 1.52. The fraction of sp³-hybridized carbons (Fsp3) is 0.769. The van der Waals surface area contributed by atoms with Crippen molar-refractivity contribution in [3.63, 3.8) is 0 Å². The zero-order valence-electron chi connectivity index (χ0n) is 12.5. The second-order valence-electron chi connectivity index (χ2n) is 5.35.